The van der Waals surface area contributed by atoms with Gasteiger partial charge in [0.2, 0.25) is 0 Å². The van der Waals surface area contributed by atoms with Crippen LogP contribution in [0, 0.1) is 0 Å². The number of rotatable bonds is 8. The van der Waals surface area contributed by atoms with E-state index in [1.165, 1.54) is 108 Å². The Bertz CT molecular complexity index is 4300. The molecule has 0 aliphatic rings. The minimum atomic E-state index is 1.09. The number of nitrogens with zero attached hydrogens (tertiary/aromatic N) is 2. The van der Waals surface area contributed by atoms with Gasteiger partial charge in [-0.3, -0.25) is 0 Å². The predicted octanol–water partition coefficient (Wildman–Crippen LogP) is 21.2. The van der Waals surface area contributed by atoms with Crippen LogP contribution < -0.4 is 9.80 Å². The molecule has 0 aliphatic carbocycles. The molecule has 0 fully saturated rings. The molecule has 0 spiro atoms. The molecule has 76 heavy (non-hydrogen) atoms. The summed E-state index contributed by atoms with van der Waals surface area (Å²) < 4.78 is 0. The van der Waals surface area contributed by atoms with Gasteiger partial charge in [0.05, 0.1) is 0 Å². The molecule has 0 atom stereocenters. The fourth-order valence-electron chi connectivity index (χ4n) is 12.2. The highest BCUT2D eigenvalue weighted by Crippen LogP contribution is 2.51. The molecular weight excluding hydrogens is 917 g/mol. The first-order chi connectivity index (χ1) is 37.7. The predicted molar refractivity (Wildman–Crippen MR) is 327 cm³/mol. The highest BCUT2D eigenvalue weighted by atomic mass is 15.1. The summed E-state index contributed by atoms with van der Waals surface area (Å²) in [4.78, 5) is 4.80. The van der Waals surface area contributed by atoms with E-state index in [1.54, 1.807) is 0 Å². The van der Waals surface area contributed by atoms with Crippen molar-refractivity contribution in [3.05, 3.63) is 291 Å². The third-order valence-corrected chi connectivity index (χ3v) is 15.7. The van der Waals surface area contributed by atoms with Gasteiger partial charge >= 0.3 is 0 Å². The maximum Gasteiger partial charge on any atom is 0.0468 e. The molecule has 0 heterocycles. The van der Waals surface area contributed by atoms with Crippen LogP contribution in [0.3, 0.4) is 0 Å². The highest BCUT2D eigenvalue weighted by Gasteiger charge is 2.23. The van der Waals surface area contributed by atoms with Crippen molar-refractivity contribution in [1.29, 1.82) is 0 Å². The van der Waals surface area contributed by atoms with E-state index in [2.05, 4.69) is 301 Å². The van der Waals surface area contributed by atoms with Gasteiger partial charge < -0.3 is 9.80 Å². The lowest BCUT2D eigenvalue weighted by Gasteiger charge is -2.27. The molecule has 0 amide bonds. The van der Waals surface area contributed by atoms with E-state index in [0.29, 0.717) is 0 Å². The van der Waals surface area contributed by atoms with Crippen LogP contribution in [0.2, 0.25) is 0 Å². The molecule has 354 valence electrons. The van der Waals surface area contributed by atoms with Gasteiger partial charge in [0.25, 0.3) is 0 Å². The second-order valence-electron chi connectivity index (χ2n) is 20.0. The fraction of sp³-hybridized carbons (Fsp3) is 0. The normalized spacial score (nSPS) is 11.7. The molecule has 15 rings (SSSR count). The molecule has 0 bridgehead atoms. The fourth-order valence-corrected chi connectivity index (χ4v) is 12.2. The van der Waals surface area contributed by atoms with E-state index in [4.69, 9.17) is 0 Å². The second-order valence-corrected chi connectivity index (χ2v) is 20.0. The molecule has 0 radical (unpaired) electrons. The van der Waals surface area contributed by atoms with Crippen molar-refractivity contribution in [2.75, 3.05) is 9.80 Å². The summed E-state index contributed by atoms with van der Waals surface area (Å²) in [6.45, 7) is 0. The first kappa shape index (κ1) is 43.6. The Kier molecular flexibility index (Phi) is 10.2. The summed E-state index contributed by atoms with van der Waals surface area (Å²) >= 11 is 0. The van der Waals surface area contributed by atoms with Crippen LogP contribution in [0.1, 0.15) is 0 Å². The smallest absolute Gasteiger partial charge is 0.0468 e. The van der Waals surface area contributed by atoms with Crippen molar-refractivity contribution in [2.45, 2.75) is 0 Å². The van der Waals surface area contributed by atoms with Crippen LogP contribution in [0.5, 0.6) is 0 Å². The minimum Gasteiger partial charge on any atom is -0.310 e. The van der Waals surface area contributed by atoms with Crippen LogP contribution in [-0.2, 0) is 0 Å². The zero-order valence-electron chi connectivity index (χ0n) is 41.6. The van der Waals surface area contributed by atoms with Crippen molar-refractivity contribution in [3.63, 3.8) is 0 Å². The molecule has 0 aliphatic heterocycles. The van der Waals surface area contributed by atoms with E-state index in [-0.39, 0.29) is 0 Å². The topological polar surface area (TPSA) is 6.48 Å². The Morgan fingerprint density at radius 2 is 0.408 bits per heavy atom. The maximum absolute atomic E-state index is 2.40. The molecule has 0 saturated carbocycles. The minimum absolute atomic E-state index is 1.09. The van der Waals surface area contributed by atoms with Gasteiger partial charge in [-0.25, -0.2) is 0 Å². The van der Waals surface area contributed by atoms with Gasteiger partial charge in [-0.2, -0.15) is 0 Å². The average Bonchev–Trinajstić information content (AvgIpc) is 3.49. The van der Waals surface area contributed by atoms with E-state index in [9.17, 15) is 0 Å². The van der Waals surface area contributed by atoms with Crippen LogP contribution in [0.15, 0.2) is 291 Å². The third-order valence-electron chi connectivity index (χ3n) is 15.7. The SMILES string of the molecule is c1ccc2cc(N(c3ccc(-c4c5ccccc5c(-c5ccc(N(c6ccc7ccccc7c6)c6ccc7ccccc7c6)cc5)c5c6ccccc6c6ccccc6c45)cc3)c3ccc4ccccc4c3)ccc2c1. The summed E-state index contributed by atoms with van der Waals surface area (Å²) in [7, 11) is 0. The molecule has 15 aromatic carbocycles. The lowest BCUT2D eigenvalue weighted by atomic mass is 9.81. The number of hydrogen-bond acceptors (Lipinski definition) is 2. The van der Waals surface area contributed by atoms with E-state index in [0.717, 1.165) is 34.1 Å². The number of anilines is 6. The van der Waals surface area contributed by atoms with E-state index in [1.807, 2.05) is 0 Å². The lowest BCUT2D eigenvalue weighted by Crippen LogP contribution is -2.10. The quantitative estimate of drug-likeness (QED) is 0.111. The Labute approximate surface area is 441 Å². The van der Waals surface area contributed by atoms with Crippen molar-refractivity contribution in [1.82, 2.24) is 0 Å². The molecule has 2 heteroatoms. The summed E-state index contributed by atoms with van der Waals surface area (Å²) in [5, 5.41) is 19.7. The molecule has 2 nitrogen and oxygen atoms in total. The summed E-state index contributed by atoms with van der Waals surface area (Å²) in [5.41, 5.74) is 11.5. The first-order valence-electron chi connectivity index (χ1n) is 26.2. The molecule has 15 aromatic rings. The molecule has 0 saturated heterocycles. The maximum atomic E-state index is 2.40. The van der Waals surface area contributed by atoms with Crippen LogP contribution >= 0.6 is 0 Å². The van der Waals surface area contributed by atoms with Gasteiger partial charge in [0, 0.05) is 34.1 Å². The van der Waals surface area contributed by atoms with Crippen molar-refractivity contribution in [2.24, 2.45) is 0 Å². The number of fused-ring (bicyclic) bond motifs is 11. The van der Waals surface area contributed by atoms with Gasteiger partial charge in [-0.05, 0) is 181 Å². The van der Waals surface area contributed by atoms with Crippen molar-refractivity contribution < 1.29 is 0 Å². The van der Waals surface area contributed by atoms with Gasteiger partial charge in [0.15, 0.2) is 0 Å². The zero-order valence-corrected chi connectivity index (χ0v) is 41.6. The lowest BCUT2D eigenvalue weighted by molar-refractivity contribution is 1.29. The largest absolute Gasteiger partial charge is 0.310 e. The Morgan fingerprint density at radius 1 is 0.171 bits per heavy atom. The van der Waals surface area contributed by atoms with Crippen LogP contribution in [-0.4, -0.2) is 0 Å². The van der Waals surface area contributed by atoms with Gasteiger partial charge in [0.1, 0.15) is 0 Å². The number of hydrogen-bond donors (Lipinski definition) is 0. The monoisotopic (exact) mass is 964 g/mol. The summed E-state index contributed by atoms with van der Waals surface area (Å²) in [5.74, 6) is 0. The van der Waals surface area contributed by atoms with Crippen LogP contribution in [0.25, 0.3) is 108 Å². The van der Waals surface area contributed by atoms with Gasteiger partial charge in [-0.1, -0.05) is 218 Å². The van der Waals surface area contributed by atoms with E-state index < -0.39 is 0 Å². The third kappa shape index (κ3) is 7.26. The van der Waals surface area contributed by atoms with Crippen LogP contribution in [0.4, 0.5) is 34.1 Å². The second kappa shape index (κ2) is 17.9. The van der Waals surface area contributed by atoms with Crippen molar-refractivity contribution >= 4 is 120 Å². The van der Waals surface area contributed by atoms with Crippen molar-refractivity contribution in [3.8, 4) is 22.3 Å². The summed E-state index contributed by atoms with van der Waals surface area (Å²) in [6, 6.07) is 107. The highest BCUT2D eigenvalue weighted by molar-refractivity contribution is 6.36. The Balaban J connectivity index is 0.935. The number of benzene rings is 15. The first-order valence-corrected chi connectivity index (χ1v) is 26.2. The standard InChI is InChI=1S/C74H48N2/c1-5-19-55-45-61(41-29-49(55)15-1)75(62-42-30-50-16-2-6-20-56(50)46-62)59-37-33-53(34-38-59)71-69-27-13-14-28-70(69)72(74-68-26-12-10-24-66(68)65-23-9-11-25-67(65)73(71)74)54-35-39-60(40-36-54)76(63-43-31-51-17-3-7-21-57(51)47-63)64-44-32-52-18-4-8-22-58(52)48-64/h1-48H. The Hall–Kier alpha value is -10.0. The zero-order chi connectivity index (χ0) is 50.1. The van der Waals surface area contributed by atoms with Gasteiger partial charge in [-0.15, -0.1) is 0 Å². The molecule has 0 unspecified atom stereocenters. The average molecular weight is 965 g/mol. The molecule has 0 N–H and O–H groups in total. The Morgan fingerprint density at radius 3 is 0.711 bits per heavy atom. The summed E-state index contributed by atoms with van der Waals surface area (Å²) in [6.07, 6.45) is 0. The van der Waals surface area contributed by atoms with E-state index >= 15 is 0 Å². The molecule has 0 aromatic heterocycles. The molecular formula is C74H48N2.